The minimum absolute atomic E-state index is 0.164. The lowest BCUT2D eigenvalue weighted by atomic mass is 10.2. The zero-order valence-electron chi connectivity index (χ0n) is 16.6. The lowest BCUT2D eigenvalue weighted by Gasteiger charge is -2.13. The molecule has 7 nitrogen and oxygen atoms in total. The Morgan fingerprint density at radius 1 is 1.19 bits per heavy atom. The largest absolute Gasteiger partial charge is 0.326 e. The maximum atomic E-state index is 13.2. The van der Waals surface area contributed by atoms with Gasteiger partial charge in [0.1, 0.15) is 5.39 Å². The molecule has 0 aliphatic carbocycles. The molecule has 0 fully saturated rings. The molecule has 2 aromatic heterocycles. The summed E-state index contributed by atoms with van der Waals surface area (Å²) in [5.41, 5.74) is 3.01. The predicted molar refractivity (Wildman–Crippen MR) is 122 cm³/mol. The summed E-state index contributed by atoms with van der Waals surface area (Å²) >= 11 is 7.37. The molecule has 1 aliphatic heterocycles. The molecule has 156 valence electrons. The first-order valence-electron chi connectivity index (χ1n) is 9.75. The Morgan fingerprint density at radius 2 is 1.94 bits per heavy atom. The Bertz CT molecular complexity index is 1350. The molecular weight excluding hydrogens is 434 g/mol. The van der Waals surface area contributed by atoms with Crippen LogP contribution in [-0.4, -0.2) is 31.0 Å². The van der Waals surface area contributed by atoms with Crippen molar-refractivity contribution in [1.29, 1.82) is 0 Å². The number of anilines is 1. The first-order chi connectivity index (χ1) is 15.0. The fourth-order valence-electron chi connectivity index (χ4n) is 3.62. The molecule has 0 saturated heterocycles. The summed E-state index contributed by atoms with van der Waals surface area (Å²) in [7, 11) is 0. The Kier molecular flexibility index (Phi) is 5.03. The number of aromatic nitrogens is 4. The first-order valence-corrected chi connectivity index (χ1v) is 11.1. The number of carbonyl (C=O) groups excluding carboxylic acids is 1. The molecule has 3 heterocycles. The van der Waals surface area contributed by atoms with Gasteiger partial charge in [0.2, 0.25) is 5.91 Å². The third-order valence-corrected chi connectivity index (χ3v) is 6.55. The number of amides is 1. The number of rotatable bonds is 4. The van der Waals surface area contributed by atoms with E-state index in [2.05, 4.69) is 10.4 Å². The Morgan fingerprint density at radius 3 is 2.68 bits per heavy atom. The molecule has 1 atom stereocenters. The third-order valence-electron chi connectivity index (χ3n) is 5.20. The van der Waals surface area contributed by atoms with E-state index < -0.39 is 0 Å². The van der Waals surface area contributed by atoms with Gasteiger partial charge in [-0.05, 0) is 43.3 Å². The van der Waals surface area contributed by atoms with E-state index in [1.807, 2.05) is 31.2 Å². The number of benzene rings is 2. The van der Waals surface area contributed by atoms with Crippen LogP contribution < -0.4 is 10.9 Å². The van der Waals surface area contributed by atoms with E-state index >= 15 is 0 Å². The fraction of sp³-hybridized carbons (Fsp3) is 0.182. The highest BCUT2D eigenvalue weighted by Gasteiger charge is 2.29. The number of hydrogen-bond donors (Lipinski definition) is 1. The molecule has 2 aromatic carbocycles. The number of nitrogens with zero attached hydrogens (tertiary/aromatic N) is 4. The zero-order valence-corrected chi connectivity index (χ0v) is 18.2. The van der Waals surface area contributed by atoms with Gasteiger partial charge in [-0.25, -0.2) is 9.67 Å². The van der Waals surface area contributed by atoms with Crippen molar-refractivity contribution in [2.45, 2.75) is 24.5 Å². The summed E-state index contributed by atoms with van der Waals surface area (Å²) in [6.07, 6.45) is 1.73. The molecule has 0 saturated carbocycles. The van der Waals surface area contributed by atoms with Gasteiger partial charge in [0.25, 0.3) is 5.56 Å². The van der Waals surface area contributed by atoms with Crippen LogP contribution in [0, 0.1) is 6.92 Å². The Balaban J connectivity index is 1.44. The Hall–Kier alpha value is -3.10. The first kappa shape index (κ1) is 19.8. The summed E-state index contributed by atoms with van der Waals surface area (Å²) in [5, 5.41) is 8.89. The fourth-order valence-corrected chi connectivity index (χ4v) is 4.87. The number of thioether (sulfide) groups is 1. The van der Waals surface area contributed by atoms with E-state index in [9.17, 15) is 9.59 Å². The molecule has 1 unspecified atom stereocenters. The molecule has 5 rings (SSSR count). The number of halogens is 1. The van der Waals surface area contributed by atoms with Crippen LogP contribution in [0.1, 0.15) is 18.0 Å². The van der Waals surface area contributed by atoms with E-state index in [0.717, 1.165) is 11.3 Å². The zero-order chi connectivity index (χ0) is 21.5. The molecule has 0 spiro atoms. The second-order valence-corrected chi connectivity index (χ2v) is 8.85. The van der Waals surface area contributed by atoms with Crippen molar-refractivity contribution < 1.29 is 4.79 Å². The highest BCUT2D eigenvalue weighted by Crippen LogP contribution is 2.33. The van der Waals surface area contributed by atoms with Crippen LogP contribution in [0.4, 0.5) is 5.69 Å². The second-order valence-electron chi connectivity index (χ2n) is 7.42. The van der Waals surface area contributed by atoms with Crippen molar-refractivity contribution in [3.8, 4) is 5.69 Å². The molecule has 1 aliphatic rings. The highest BCUT2D eigenvalue weighted by atomic mass is 35.5. The molecule has 9 heteroatoms. The van der Waals surface area contributed by atoms with Crippen LogP contribution in [0.15, 0.2) is 64.7 Å². The maximum absolute atomic E-state index is 13.2. The number of nitrogens with one attached hydrogen (secondary N) is 1. The van der Waals surface area contributed by atoms with Crippen LogP contribution >= 0.6 is 23.4 Å². The topological polar surface area (TPSA) is 81.8 Å². The molecule has 1 amide bonds. The Labute approximate surface area is 187 Å². The highest BCUT2D eigenvalue weighted by molar-refractivity contribution is 7.99. The van der Waals surface area contributed by atoms with Crippen LogP contribution in [0.5, 0.6) is 0 Å². The van der Waals surface area contributed by atoms with Crippen LogP contribution in [-0.2, 0) is 4.79 Å². The minimum Gasteiger partial charge on any atom is -0.326 e. The summed E-state index contributed by atoms with van der Waals surface area (Å²) in [6, 6.07) is 14.5. The standard InChI is InChI=1S/C22H18ClN5O2S/c1-13-2-8-16(9-3-13)28-20-18(11-24-28)21(30)27-17(12-31-22(27)26-20)10-19(29)25-15-6-4-14(23)5-7-15/h2-9,11,17H,10,12H2,1H3,(H,25,29). The lowest BCUT2D eigenvalue weighted by Crippen LogP contribution is -2.27. The van der Waals surface area contributed by atoms with Crippen molar-refractivity contribution in [2.75, 3.05) is 11.1 Å². The van der Waals surface area contributed by atoms with Crippen molar-refractivity contribution in [1.82, 2.24) is 19.3 Å². The van der Waals surface area contributed by atoms with Crippen LogP contribution in [0.25, 0.3) is 16.7 Å². The maximum Gasteiger partial charge on any atom is 0.265 e. The molecule has 0 radical (unpaired) electrons. The van der Waals surface area contributed by atoms with Crippen LogP contribution in [0.2, 0.25) is 5.02 Å². The van der Waals surface area contributed by atoms with E-state index in [1.165, 1.54) is 11.8 Å². The number of aryl methyl sites for hydroxylation is 1. The van der Waals surface area contributed by atoms with Gasteiger partial charge in [-0.3, -0.25) is 14.2 Å². The second kappa shape index (κ2) is 7.86. The molecule has 0 bridgehead atoms. The van der Waals surface area contributed by atoms with E-state index in [1.54, 1.807) is 39.7 Å². The van der Waals surface area contributed by atoms with Gasteiger partial charge in [-0.1, -0.05) is 41.1 Å². The van der Waals surface area contributed by atoms with Crippen molar-refractivity contribution in [2.24, 2.45) is 0 Å². The lowest BCUT2D eigenvalue weighted by molar-refractivity contribution is -0.116. The number of carbonyl (C=O) groups is 1. The van der Waals surface area contributed by atoms with Gasteiger partial charge in [-0.15, -0.1) is 0 Å². The van der Waals surface area contributed by atoms with Gasteiger partial charge in [0.05, 0.1) is 17.9 Å². The number of hydrogen-bond acceptors (Lipinski definition) is 5. The molecule has 31 heavy (non-hydrogen) atoms. The summed E-state index contributed by atoms with van der Waals surface area (Å²) in [5.74, 6) is 0.448. The smallest absolute Gasteiger partial charge is 0.265 e. The number of fused-ring (bicyclic) bond motifs is 2. The monoisotopic (exact) mass is 451 g/mol. The van der Waals surface area contributed by atoms with E-state index in [0.29, 0.717) is 32.7 Å². The van der Waals surface area contributed by atoms with Crippen LogP contribution in [0.3, 0.4) is 0 Å². The molecule has 1 N–H and O–H groups in total. The van der Waals surface area contributed by atoms with Gasteiger partial charge in [0.15, 0.2) is 10.8 Å². The minimum atomic E-state index is -0.264. The van der Waals surface area contributed by atoms with Gasteiger partial charge in [0, 0.05) is 22.9 Å². The summed E-state index contributed by atoms with van der Waals surface area (Å²) in [6.45, 7) is 2.02. The van der Waals surface area contributed by atoms with Gasteiger partial charge in [-0.2, -0.15) is 5.10 Å². The third kappa shape index (κ3) is 3.73. The summed E-state index contributed by atoms with van der Waals surface area (Å²) < 4.78 is 3.30. The average Bonchev–Trinajstić information content (AvgIpc) is 3.35. The normalized spacial score (nSPS) is 15.2. The SMILES string of the molecule is Cc1ccc(-n2ncc3c(=O)n4c(nc32)SCC4CC(=O)Nc2ccc(Cl)cc2)cc1. The van der Waals surface area contributed by atoms with Crippen molar-refractivity contribution in [3.63, 3.8) is 0 Å². The molecular formula is C22H18ClN5O2S. The van der Waals surface area contributed by atoms with Gasteiger partial charge >= 0.3 is 0 Å². The predicted octanol–water partition coefficient (Wildman–Crippen LogP) is 4.22. The average molecular weight is 452 g/mol. The quantitative estimate of drug-likeness (QED) is 0.470. The summed E-state index contributed by atoms with van der Waals surface area (Å²) in [4.78, 5) is 30.5. The van der Waals surface area contributed by atoms with Crippen molar-refractivity contribution >= 4 is 46.0 Å². The van der Waals surface area contributed by atoms with Crippen molar-refractivity contribution in [3.05, 3.63) is 75.7 Å². The van der Waals surface area contributed by atoms with Gasteiger partial charge < -0.3 is 5.32 Å². The van der Waals surface area contributed by atoms with E-state index in [-0.39, 0.29) is 23.9 Å². The molecule has 4 aromatic rings. The van der Waals surface area contributed by atoms with E-state index in [4.69, 9.17) is 16.6 Å².